The van der Waals surface area contributed by atoms with Crippen LogP contribution in [0.3, 0.4) is 0 Å². The minimum absolute atomic E-state index is 0.151. The van der Waals surface area contributed by atoms with Crippen molar-refractivity contribution in [2.24, 2.45) is 0 Å². The third kappa shape index (κ3) is 50.3. The summed E-state index contributed by atoms with van der Waals surface area (Å²) < 4.78 is 16.6. The highest BCUT2D eigenvalue weighted by atomic mass is 16.6. The average Bonchev–Trinajstić information content (AvgIpc) is 3.31. The Morgan fingerprint density at radius 2 is 0.667 bits per heavy atom. The summed E-state index contributed by atoms with van der Waals surface area (Å²) in [7, 11) is 0. The van der Waals surface area contributed by atoms with Crippen molar-refractivity contribution in [1.82, 2.24) is 0 Å². The van der Waals surface area contributed by atoms with Crippen molar-refractivity contribution < 1.29 is 28.6 Å². The molecule has 0 aliphatic heterocycles. The van der Waals surface area contributed by atoms with Crippen LogP contribution in [0.5, 0.6) is 0 Å². The molecule has 1 atom stereocenters. The Kier molecular flexibility index (Phi) is 49.1. The Balaban J connectivity index is 4.68. The van der Waals surface area contributed by atoms with E-state index in [1.54, 1.807) is 0 Å². The number of hydrogen-bond acceptors (Lipinski definition) is 6. The van der Waals surface area contributed by atoms with Crippen LogP contribution < -0.4 is 0 Å². The van der Waals surface area contributed by atoms with Gasteiger partial charge in [-0.3, -0.25) is 14.4 Å². The smallest absolute Gasteiger partial charge is 0.306 e. The van der Waals surface area contributed by atoms with Gasteiger partial charge in [-0.1, -0.05) is 212 Å². The normalized spacial score (nSPS) is 13.3. The van der Waals surface area contributed by atoms with Crippen LogP contribution >= 0.6 is 0 Å². The number of hydrogen-bond donors (Lipinski definition) is 0. The Morgan fingerprint density at radius 3 is 1.08 bits per heavy atom. The van der Waals surface area contributed by atoms with Crippen molar-refractivity contribution in [2.45, 2.75) is 200 Å². The molecule has 0 heterocycles. The number of carbonyl (C=O) groups excluding carboxylic acids is 3. The van der Waals surface area contributed by atoms with E-state index in [0.29, 0.717) is 19.3 Å². The fourth-order valence-corrected chi connectivity index (χ4v) is 6.29. The molecule has 368 valence electrons. The van der Waals surface area contributed by atoms with Gasteiger partial charge in [-0.05, 0) is 109 Å². The summed E-state index contributed by atoms with van der Waals surface area (Å²) in [5.41, 5.74) is 0. The molecule has 0 aliphatic rings. The van der Waals surface area contributed by atoms with Crippen molar-refractivity contribution in [3.05, 3.63) is 146 Å². The molecule has 66 heavy (non-hydrogen) atoms. The second-order valence-electron chi connectivity index (χ2n) is 16.3. The minimum atomic E-state index is -0.864. The van der Waals surface area contributed by atoms with E-state index in [-0.39, 0.29) is 38.0 Å². The number of esters is 3. The fraction of sp³-hybridized carbons (Fsp3) is 0.550. The molecule has 0 fully saturated rings. The molecular weight excluding hydrogens is 817 g/mol. The van der Waals surface area contributed by atoms with Gasteiger partial charge in [0, 0.05) is 19.3 Å². The van der Waals surface area contributed by atoms with Crippen LogP contribution in [-0.2, 0) is 28.6 Å². The van der Waals surface area contributed by atoms with Crippen molar-refractivity contribution in [3.8, 4) is 0 Å². The summed E-state index contributed by atoms with van der Waals surface area (Å²) in [6.45, 7) is 6.22. The van der Waals surface area contributed by atoms with Crippen LogP contribution in [-0.4, -0.2) is 37.2 Å². The number of ether oxygens (including phenoxy) is 3. The molecule has 0 aromatic carbocycles. The van der Waals surface area contributed by atoms with Crippen molar-refractivity contribution in [3.63, 3.8) is 0 Å². The lowest BCUT2D eigenvalue weighted by molar-refractivity contribution is -0.166. The lowest BCUT2D eigenvalue weighted by Crippen LogP contribution is -2.30. The molecule has 0 saturated heterocycles. The van der Waals surface area contributed by atoms with E-state index in [1.807, 2.05) is 24.3 Å². The highest BCUT2D eigenvalue weighted by Crippen LogP contribution is 2.10. The summed E-state index contributed by atoms with van der Waals surface area (Å²) in [5, 5.41) is 0. The molecule has 0 amide bonds. The molecule has 0 saturated carbocycles. The summed E-state index contributed by atoms with van der Waals surface area (Å²) in [6, 6.07) is 0. The second kappa shape index (κ2) is 52.9. The SMILES string of the molecule is CC/C=C\C/C=C\C/C=C\C/C=C\C/C=C\CCC(=O)OCC(COC(=O)CCCCC/C=C\C=C/CCCCCCCCC)OC(=O)CC/C=C\C/C=C\C/C=C\C/C=C\C/C=C\CC. The van der Waals surface area contributed by atoms with E-state index in [0.717, 1.165) is 96.3 Å². The van der Waals surface area contributed by atoms with Gasteiger partial charge in [0.05, 0.1) is 0 Å². The van der Waals surface area contributed by atoms with Crippen LogP contribution in [0.15, 0.2) is 146 Å². The van der Waals surface area contributed by atoms with Gasteiger partial charge in [-0.25, -0.2) is 0 Å². The maximum Gasteiger partial charge on any atom is 0.306 e. The molecule has 0 rings (SSSR count). The third-order valence-corrected chi connectivity index (χ3v) is 10.1. The van der Waals surface area contributed by atoms with Crippen LogP contribution in [0.25, 0.3) is 0 Å². The zero-order chi connectivity index (χ0) is 47.9. The molecule has 0 aromatic heterocycles. The zero-order valence-electron chi connectivity index (χ0n) is 41.9. The van der Waals surface area contributed by atoms with E-state index < -0.39 is 12.1 Å². The minimum Gasteiger partial charge on any atom is -0.462 e. The predicted octanol–water partition coefficient (Wildman–Crippen LogP) is 17.3. The molecular formula is C60H92O6. The van der Waals surface area contributed by atoms with Crippen molar-refractivity contribution in [2.75, 3.05) is 13.2 Å². The number of unbranched alkanes of at least 4 members (excludes halogenated alkanes) is 10. The predicted molar refractivity (Wildman–Crippen MR) is 283 cm³/mol. The third-order valence-electron chi connectivity index (χ3n) is 10.1. The molecule has 0 aliphatic carbocycles. The number of rotatable bonds is 44. The Morgan fingerprint density at radius 1 is 0.333 bits per heavy atom. The first-order valence-corrected chi connectivity index (χ1v) is 25.9. The lowest BCUT2D eigenvalue weighted by atomic mass is 10.1. The highest BCUT2D eigenvalue weighted by Gasteiger charge is 2.19. The first-order chi connectivity index (χ1) is 32.5. The lowest BCUT2D eigenvalue weighted by Gasteiger charge is -2.18. The molecule has 6 heteroatoms. The summed E-state index contributed by atoms with van der Waals surface area (Å²) in [5.74, 6) is -1.16. The molecule has 0 N–H and O–H groups in total. The van der Waals surface area contributed by atoms with Crippen LogP contribution in [0.1, 0.15) is 194 Å². The molecule has 6 nitrogen and oxygen atoms in total. The maximum absolute atomic E-state index is 12.8. The Labute approximate surface area is 404 Å². The van der Waals surface area contributed by atoms with Gasteiger partial charge >= 0.3 is 17.9 Å². The molecule has 1 unspecified atom stereocenters. The van der Waals surface area contributed by atoms with Gasteiger partial charge in [-0.15, -0.1) is 0 Å². The van der Waals surface area contributed by atoms with E-state index in [2.05, 4.69) is 142 Å². The Hall–Kier alpha value is -4.71. The van der Waals surface area contributed by atoms with E-state index in [1.165, 1.54) is 44.9 Å². The van der Waals surface area contributed by atoms with Crippen LogP contribution in [0.4, 0.5) is 0 Å². The van der Waals surface area contributed by atoms with Crippen molar-refractivity contribution >= 4 is 17.9 Å². The first-order valence-electron chi connectivity index (χ1n) is 25.9. The van der Waals surface area contributed by atoms with E-state index in [4.69, 9.17) is 14.2 Å². The average molecular weight is 909 g/mol. The summed E-state index contributed by atoms with van der Waals surface area (Å²) in [6.07, 6.45) is 75.7. The van der Waals surface area contributed by atoms with Crippen LogP contribution in [0.2, 0.25) is 0 Å². The number of allylic oxidation sites excluding steroid dienone is 24. The second-order valence-corrected chi connectivity index (χ2v) is 16.3. The quantitative estimate of drug-likeness (QED) is 0.0199. The van der Waals surface area contributed by atoms with Gasteiger partial charge < -0.3 is 14.2 Å². The van der Waals surface area contributed by atoms with Gasteiger partial charge in [-0.2, -0.15) is 0 Å². The highest BCUT2D eigenvalue weighted by molar-refractivity contribution is 5.71. The maximum atomic E-state index is 12.8. The van der Waals surface area contributed by atoms with Gasteiger partial charge in [0.25, 0.3) is 0 Å². The van der Waals surface area contributed by atoms with Gasteiger partial charge in [0.1, 0.15) is 13.2 Å². The molecule has 0 aromatic rings. The fourth-order valence-electron chi connectivity index (χ4n) is 6.29. The monoisotopic (exact) mass is 909 g/mol. The van der Waals surface area contributed by atoms with E-state index in [9.17, 15) is 14.4 Å². The summed E-state index contributed by atoms with van der Waals surface area (Å²) in [4.78, 5) is 37.9. The molecule has 0 radical (unpaired) electrons. The first kappa shape index (κ1) is 61.3. The van der Waals surface area contributed by atoms with Crippen molar-refractivity contribution in [1.29, 1.82) is 0 Å². The zero-order valence-corrected chi connectivity index (χ0v) is 41.9. The molecule has 0 spiro atoms. The standard InChI is InChI=1S/C60H92O6/c1-4-7-10-13-16-19-22-25-28-31-34-37-40-43-46-49-52-58(61)64-55-57(66-60(63)54-51-48-45-42-39-36-33-30-27-24-21-18-15-12-9-6-3)56-65-59(62)53-50-47-44-41-38-35-32-29-26-23-20-17-14-11-8-5-2/h7,9-10,12,16,18-19,21,25,27-30,32,34-39,43,45-46,48,57H,4-6,8,11,13-15,17,20,22-24,26,31,33,40-42,44,47,49-56H2,1-3H3/b10-7-,12-9-,19-16-,21-18-,28-25-,30-27-,32-29-,37-34-,38-35-,39-36-,46-43-,48-45-. The summed E-state index contributed by atoms with van der Waals surface area (Å²) >= 11 is 0. The Bertz CT molecular complexity index is 1510. The number of carbonyl (C=O) groups is 3. The van der Waals surface area contributed by atoms with E-state index >= 15 is 0 Å². The topological polar surface area (TPSA) is 78.9 Å². The van der Waals surface area contributed by atoms with Gasteiger partial charge in [0.15, 0.2) is 6.10 Å². The van der Waals surface area contributed by atoms with Gasteiger partial charge in [0.2, 0.25) is 0 Å². The molecule has 0 bridgehead atoms. The largest absolute Gasteiger partial charge is 0.462 e. The van der Waals surface area contributed by atoms with Crippen LogP contribution in [0, 0.1) is 0 Å².